The fourth-order valence-electron chi connectivity index (χ4n) is 6.58. The van der Waals surface area contributed by atoms with Gasteiger partial charge in [-0.3, -0.25) is 14.5 Å². The van der Waals surface area contributed by atoms with E-state index < -0.39 is 60.1 Å². The Morgan fingerprint density at radius 3 is 1.80 bits per heavy atom. The van der Waals surface area contributed by atoms with Gasteiger partial charge in [0.2, 0.25) is 11.0 Å². The van der Waals surface area contributed by atoms with Crippen LogP contribution < -0.4 is 26.0 Å². The quantitative estimate of drug-likeness (QED) is 0.0360. The molecule has 1 fully saturated rings. The van der Waals surface area contributed by atoms with Crippen LogP contribution in [0.15, 0.2) is 153 Å². The Morgan fingerprint density at radius 1 is 0.750 bits per heavy atom. The second-order valence-corrected chi connectivity index (χ2v) is 17.7. The number of hydrogen-bond acceptors (Lipinski definition) is 11. The van der Waals surface area contributed by atoms with Crippen LogP contribution in [0.25, 0.3) is 0 Å². The van der Waals surface area contributed by atoms with Gasteiger partial charge in [-0.25, -0.2) is 14.4 Å². The summed E-state index contributed by atoms with van der Waals surface area (Å²) >= 11 is 0.796. The molecular weight excluding hydrogens is 804 g/mol. The molecule has 0 radical (unpaired) electrons. The van der Waals surface area contributed by atoms with Crippen molar-refractivity contribution in [2.24, 2.45) is 5.92 Å². The normalized spacial score (nSPS) is 14.9. The van der Waals surface area contributed by atoms with E-state index in [4.69, 9.17) is 23.7 Å². The van der Waals surface area contributed by atoms with Gasteiger partial charge in [0, 0.05) is 13.4 Å². The van der Waals surface area contributed by atoms with Crippen LogP contribution in [0.2, 0.25) is 0 Å². The molecule has 1 aliphatic heterocycles. The lowest BCUT2D eigenvalue weighted by molar-refractivity contribution is -0.152. The molecule has 0 aliphatic carbocycles. The Kier molecular flexibility index (Phi) is 16.6. The van der Waals surface area contributed by atoms with E-state index in [1.807, 2.05) is 103 Å². The van der Waals surface area contributed by atoms with Crippen molar-refractivity contribution in [2.45, 2.75) is 24.8 Å². The maximum Gasteiger partial charge on any atom is 0.508 e. The number of amides is 2. The van der Waals surface area contributed by atoms with Crippen molar-refractivity contribution < 1.29 is 47.7 Å². The summed E-state index contributed by atoms with van der Waals surface area (Å²) in [7, 11) is 0. The van der Waals surface area contributed by atoms with Crippen LogP contribution >= 0.6 is 18.6 Å². The van der Waals surface area contributed by atoms with Gasteiger partial charge in [-0.05, 0) is 47.0 Å². The zero-order chi connectivity index (χ0) is 42.9. The molecule has 14 heteroatoms. The maximum absolute atomic E-state index is 14.8. The smallest absolute Gasteiger partial charge is 0.485 e. The number of rotatable bonds is 20. The summed E-state index contributed by atoms with van der Waals surface area (Å²) in [6.07, 6.45) is 2.19. The number of likely N-dealkylation sites (tertiary alicyclic amines) is 1. The molecule has 1 heterocycles. The standard InChI is InChI=1S/C46H47N2O10PS/c1-5-29-54-44(51)42(59(36-17-11-8-12-18-36,37-19-13-9-14-20-37)38-21-15-10-16-22-38)48-41(50)40(33(4)58-46(53)56-31-7-3)43(48)60-39(49)32-57-35-25-23-34(24-26-35)27-28-47-45(52)55-30-6-2/h5-26,33,40,43H,1-3,27-32H2,4H3,(H,47,52)/t33-,40+,43-/m1/s1. The van der Waals surface area contributed by atoms with Gasteiger partial charge in [-0.15, -0.1) is 0 Å². The highest BCUT2D eigenvalue weighted by molar-refractivity contribution is 8.14. The second kappa shape index (κ2) is 22.2. The molecule has 5 rings (SSSR count). The molecule has 0 aromatic heterocycles. The Morgan fingerprint density at radius 2 is 1.27 bits per heavy atom. The average molecular weight is 851 g/mol. The SMILES string of the molecule is C=CCOC(=O)NCCc1ccc(OCC(=O)S[C@@H]2[C@@H]([C@@H](C)OC(=O)OCC=C)C(=O)N2C(C(=O)OCC=C)=P(c2ccccc2)(c2ccccc2)c2ccccc2)cc1. The van der Waals surface area contributed by atoms with E-state index in [0.29, 0.717) is 18.7 Å². The van der Waals surface area contributed by atoms with Crippen LogP contribution in [0.4, 0.5) is 9.59 Å². The van der Waals surface area contributed by atoms with Crippen molar-refractivity contribution in [3.8, 4) is 5.75 Å². The molecule has 0 saturated carbocycles. The zero-order valence-electron chi connectivity index (χ0n) is 33.2. The van der Waals surface area contributed by atoms with E-state index in [1.165, 1.54) is 30.1 Å². The highest BCUT2D eigenvalue weighted by Crippen LogP contribution is 2.51. The first-order valence-electron chi connectivity index (χ1n) is 19.1. The van der Waals surface area contributed by atoms with Gasteiger partial charge in [0.1, 0.15) is 48.4 Å². The predicted octanol–water partition coefficient (Wildman–Crippen LogP) is 6.15. The number of hydrogen-bond donors (Lipinski definition) is 1. The van der Waals surface area contributed by atoms with Gasteiger partial charge in [0.25, 0.3) is 0 Å². The van der Waals surface area contributed by atoms with Crippen LogP contribution in [0.5, 0.6) is 5.75 Å². The second-order valence-electron chi connectivity index (χ2n) is 13.2. The molecular formula is C46H47N2O10PS. The minimum atomic E-state index is -3.31. The van der Waals surface area contributed by atoms with Crippen molar-refractivity contribution in [2.75, 3.05) is 33.0 Å². The monoisotopic (exact) mass is 850 g/mol. The molecule has 0 bridgehead atoms. The highest BCUT2D eigenvalue weighted by atomic mass is 32.2. The number of nitrogens with zero attached hydrogens (tertiary/aromatic N) is 1. The lowest BCUT2D eigenvalue weighted by Gasteiger charge is -2.50. The van der Waals surface area contributed by atoms with Crippen molar-refractivity contribution in [1.82, 2.24) is 10.2 Å². The summed E-state index contributed by atoms with van der Waals surface area (Å²) in [5, 5.41) is 3.42. The number of β-lactam (4-membered cyclic amide) rings is 1. The van der Waals surface area contributed by atoms with Gasteiger partial charge in [-0.1, -0.05) is 153 Å². The van der Waals surface area contributed by atoms with Gasteiger partial charge < -0.3 is 29.0 Å². The Bertz CT molecular complexity index is 2100. The van der Waals surface area contributed by atoms with Gasteiger partial charge in [-0.2, -0.15) is 0 Å². The number of ether oxygens (including phenoxy) is 5. The molecule has 1 aliphatic rings. The average Bonchev–Trinajstić information content (AvgIpc) is 3.27. The summed E-state index contributed by atoms with van der Waals surface area (Å²) in [5.74, 6) is -2.00. The van der Waals surface area contributed by atoms with Crippen LogP contribution in [0, 0.1) is 5.92 Å². The third-order valence-corrected chi connectivity index (χ3v) is 14.6. The molecule has 4 aromatic carbocycles. The number of esters is 1. The molecule has 3 atom stereocenters. The first-order chi connectivity index (χ1) is 29.1. The van der Waals surface area contributed by atoms with Crippen molar-refractivity contribution in [3.05, 3.63) is 159 Å². The van der Waals surface area contributed by atoms with Crippen LogP contribution in [0.3, 0.4) is 0 Å². The number of carbonyl (C=O) groups is 5. The van der Waals surface area contributed by atoms with Crippen molar-refractivity contribution in [1.29, 1.82) is 0 Å². The lowest BCUT2D eigenvalue weighted by Crippen LogP contribution is -2.67. The molecule has 1 saturated heterocycles. The number of carbonyl (C=O) groups excluding carboxylic acids is 5. The summed E-state index contributed by atoms with van der Waals surface area (Å²) in [5.41, 5.74) is 0.952. The lowest BCUT2D eigenvalue weighted by atomic mass is 9.92. The summed E-state index contributed by atoms with van der Waals surface area (Å²) in [6, 6.07) is 35.3. The van der Waals surface area contributed by atoms with Gasteiger partial charge >= 0.3 is 18.2 Å². The van der Waals surface area contributed by atoms with E-state index in [0.717, 1.165) is 33.2 Å². The fraction of sp³-hybridized carbons (Fsp3) is 0.217. The summed E-state index contributed by atoms with van der Waals surface area (Å²) in [4.78, 5) is 69.2. The molecule has 0 unspecified atom stereocenters. The molecule has 0 spiro atoms. The van der Waals surface area contributed by atoms with Gasteiger partial charge in [0.05, 0.1) is 0 Å². The summed E-state index contributed by atoms with van der Waals surface area (Å²) in [6.45, 7) is 8.83. The zero-order valence-corrected chi connectivity index (χ0v) is 34.9. The predicted molar refractivity (Wildman–Crippen MR) is 235 cm³/mol. The van der Waals surface area contributed by atoms with E-state index in [-0.39, 0.29) is 25.2 Å². The number of thioether (sulfide) groups is 1. The van der Waals surface area contributed by atoms with Crippen molar-refractivity contribution >= 4 is 69.2 Å². The van der Waals surface area contributed by atoms with Crippen LogP contribution in [-0.4, -0.2) is 84.0 Å². The van der Waals surface area contributed by atoms with E-state index in [9.17, 15) is 24.0 Å². The number of alkyl carbamates (subject to hydrolysis) is 1. The third kappa shape index (κ3) is 10.8. The first kappa shape index (κ1) is 44.8. The first-order valence-corrected chi connectivity index (χ1v) is 21.7. The van der Waals surface area contributed by atoms with Crippen molar-refractivity contribution in [3.63, 3.8) is 0 Å². The third-order valence-electron chi connectivity index (χ3n) is 9.23. The van der Waals surface area contributed by atoms with E-state index in [2.05, 4.69) is 25.1 Å². The summed E-state index contributed by atoms with van der Waals surface area (Å²) < 4.78 is 27.2. The Labute approximate surface area is 354 Å². The molecule has 1 N–H and O–H groups in total. The van der Waals surface area contributed by atoms with E-state index >= 15 is 0 Å². The molecule has 312 valence electrons. The number of nitrogens with one attached hydrogen (secondary N) is 1. The largest absolute Gasteiger partial charge is 0.508 e. The minimum absolute atomic E-state index is 0.0425. The Balaban J connectivity index is 1.55. The Hall–Kier alpha value is -6.30. The highest BCUT2D eigenvalue weighted by Gasteiger charge is 2.57. The van der Waals surface area contributed by atoms with Gasteiger partial charge in [0.15, 0.2) is 6.61 Å². The number of benzene rings is 4. The fourth-order valence-corrected chi connectivity index (χ4v) is 12.2. The molecule has 2 amide bonds. The van der Waals surface area contributed by atoms with Crippen LogP contribution in [-0.2, 0) is 39.8 Å². The molecule has 12 nitrogen and oxygen atoms in total. The topological polar surface area (TPSA) is 147 Å². The molecule has 60 heavy (non-hydrogen) atoms. The maximum atomic E-state index is 14.8. The van der Waals surface area contributed by atoms with E-state index in [1.54, 1.807) is 12.1 Å². The minimum Gasteiger partial charge on any atom is -0.485 e. The molecule has 4 aromatic rings. The van der Waals surface area contributed by atoms with Crippen LogP contribution in [0.1, 0.15) is 12.5 Å².